The first-order valence-corrected chi connectivity index (χ1v) is 10.4. The number of Topliss-reactive ketones (excluding diaryl/α,β-unsaturated/α-hetero) is 1. The lowest BCUT2D eigenvalue weighted by Gasteiger charge is -2.15. The topological polar surface area (TPSA) is 93.1 Å². The van der Waals surface area contributed by atoms with Gasteiger partial charge in [0.05, 0.1) is 17.7 Å². The highest BCUT2D eigenvalue weighted by molar-refractivity contribution is 8.27. The molecule has 1 N–H and O–H groups in total. The Labute approximate surface area is 188 Å². The summed E-state index contributed by atoms with van der Waals surface area (Å²) in [5.41, 5.74) is 1.80. The van der Waals surface area contributed by atoms with Crippen LogP contribution >= 0.6 is 24.0 Å². The Morgan fingerprint density at radius 3 is 2.42 bits per heavy atom. The van der Waals surface area contributed by atoms with Crippen LogP contribution in [0.4, 0.5) is 5.69 Å². The quantitative estimate of drug-likeness (QED) is 0.376. The summed E-state index contributed by atoms with van der Waals surface area (Å²) in [4.78, 5) is 37.3. The van der Waals surface area contributed by atoms with Crippen molar-refractivity contribution >= 4 is 57.7 Å². The van der Waals surface area contributed by atoms with Crippen molar-refractivity contribution in [2.45, 2.75) is 20.0 Å². The molecule has 1 fully saturated rings. The van der Waals surface area contributed by atoms with Gasteiger partial charge in [-0.1, -0.05) is 30.0 Å². The summed E-state index contributed by atoms with van der Waals surface area (Å²) in [6.07, 6.45) is 0.640. The number of rotatable bonds is 7. The molecule has 0 bridgehead atoms. The van der Waals surface area contributed by atoms with Gasteiger partial charge in [0.25, 0.3) is 5.91 Å². The molecule has 1 aliphatic rings. The zero-order valence-electron chi connectivity index (χ0n) is 16.9. The van der Waals surface area contributed by atoms with Crippen LogP contribution in [0.25, 0.3) is 6.08 Å². The molecule has 0 radical (unpaired) electrons. The number of aliphatic carboxylic acids is 1. The Morgan fingerprint density at radius 1 is 1.16 bits per heavy atom. The van der Waals surface area contributed by atoms with Crippen molar-refractivity contribution in [3.8, 4) is 11.5 Å². The predicted molar refractivity (Wildman–Crippen MR) is 123 cm³/mol. The molecule has 0 aliphatic carbocycles. The fourth-order valence-corrected chi connectivity index (χ4v) is 4.10. The van der Waals surface area contributed by atoms with Gasteiger partial charge in [-0.2, -0.15) is 0 Å². The second-order valence-electron chi connectivity index (χ2n) is 6.63. The Kier molecular flexibility index (Phi) is 6.77. The predicted octanol–water partition coefficient (Wildman–Crippen LogP) is 4.16. The molecule has 2 aromatic rings. The number of hydrogen-bond donors (Lipinski definition) is 1. The number of carbonyl (C=O) groups is 3. The van der Waals surface area contributed by atoms with Gasteiger partial charge in [0.15, 0.2) is 27.7 Å². The molecule has 1 amide bonds. The van der Waals surface area contributed by atoms with Crippen LogP contribution in [-0.2, 0) is 9.59 Å². The normalized spacial score (nSPS) is 15.8. The average molecular weight is 458 g/mol. The van der Waals surface area contributed by atoms with Gasteiger partial charge < -0.3 is 14.6 Å². The molecule has 1 aliphatic heterocycles. The van der Waals surface area contributed by atoms with E-state index < -0.39 is 12.1 Å². The van der Waals surface area contributed by atoms with E-state index in [1.165, 1.54) is 37.6 Å². The molecular formula is C22H19NO6S2. The van der Waals surface area contributed by atoms with Crippen molar-refractivity contribution in [3.05, 3.63) is 58.5 Å². The summed E-state index contributed by atoms with van der Waals surface area (Å²) in [6, 6.07) is 11.6. The number of carbonyl (C=O) groups excluding carboxylic acids is 2. The van der Waals surface area contributed by atoms with E-state index in [1.807, 2.05) is 0 Å². The van der Waals surface area contributed by atoms with E-state index in [0.717, 1.165) is 0 Å². The molecule has 0 aromatic heterocycles. The van der Waals surface area contributed by atoms with Crippen LogP contribution in [0.2, 0.25) is 0 Å². The number of benzene rings is 2. The van der Waals surface area contributed by atoms with E-state index in [9.17, 15) is 14.4 Å². The van der Waals surface area contributed by atoms with Crippen molar-refractivity contribution in [1.82, 2.24) is 0 Å². The van der Waals surface area contributed by atoms with E-state index >= 15 is 0 Å². The molecule has 160 valence electrons. The number of thiocarbonyl (C=S) groups is 1. The summed E-state index contributed by atoms with van der Waals surface area (Å²) in [7, 11) is 1.45. The molecule has 0 saturated carbocycles. The van der Waals surface area contributed by atoms with Crippen LogP contribution in [0.5, 0.6) is 11.5 Å². The van der Waals surface area contributed by atoms with Crippen molar-refractivity contribution in [3.63, 3.8) is 0 Å². The van der Waals surface area contributed by atoms with E-state index in [4.69, 9.17) is 26.8 Å². The number of nitrogens with zero attached hydrogens (tertiary/aromatic N) is 1. The maximum Gasteiger partial charge on any atom is 0.344 e. The molecule has 2 aromatic carbocycles. The standard InChI is InChI=1S/C22H19NO6S2/c1-12(24)15-5-7-16(8-6-15)23-20(25)19(31-22(23)30)11-14-4-9-17(18(10-14)28-3)29-13(2)21(26)27/h4-11,13H,1-3H3,(H,26,27)/b19-11+. The lowest BCUT2D eigenvalue weighted by atomic mass is 10.1. The number of hydrogen-bond acceptors (Lipinski definition) is 7. The number of ether oxygens (including phenoxy) is 2. The number of ketones is 1. The SMILES string of the molecule is COc1cc(/C=C2/SC(=S)N(c3ccc(C(C)=O)cc3)C2=O)ccc1OC(C)C(=O)O. The molecule has 0 spiro atoms. The lowest BCUT2D eigenvalue weighted by molar-refractivity contribution is -0.144. The van der Waals surface area contributed by atoms with Gasteiger partial charge in [0.1, 0.15) is 0 Å². The third kappa shape index (κ3) is 4.95. The van der Waals surface area contributed by atoms with E-state index in [2.05, 4.69) is 0 Å². The first-order chi connectivity index (χ1) is 14.7. The Bertz CT molecular complexity index is 1090. The van der Waals surface area contributed by atoms with Gasteiger partial charge in [0, 0.05) is 5.56 Å². The van der Waals surface area contributed by atoms with Gasteiger partial charge in [-0.3, -0.25) is 14.5 Å². The van der Waals surface area contributed by atoms with E-state index in [-0.39, 0.29) is 17.4 Å². The van der Waals surface area contributed by atoms with Gasteiger partial charge in [-0.05, 0) is 61.9 Å². The zero-order valence-corrected chi connectivity index (χ0v) is 18.6. The lowest BCUT2D eigenvalue weighted by Crippen LogP contribution is -2.27. The molecule has 7 nitrogen and oxygen atoms in total. The maximum atomic E-state index is 12.9. The van der Waals surface area contributed by atoms with Crippen molar-refractivity contribution in [1.29, 1.82) is 0 Å². The fourth-order valence-electron chi connectivity index (χ4n) is 2.80. The molecule has 31 heavy (non-hydrogen) atoms. The summed E-state index contributed by atoms with van der Waals surface area (Å²) in [6.45, 7) is 2.90. The third-order valence-electron chi connectivity index (χ3n) is 4.46. The van der Waals surface area contributed by atoms with Gasteiger partial charge in [0.2, 0.25) is 0 Å². The molecule has 1 unspecified atom stereocenters. The largest absolute Gasteiger partial charge is 0.493 e. The molecule has 9 heteroatoms. The number of thioether (sulfide) groups is 1. The first-order valence-electron chi connectivity index (χ1n) is 9.17. The summed E-state index contributed by atoms with van der Waals surface area (Å²) in [5, 5.41) is 9.02. The Balaban J connectivity index is 1.85. The van der Waals surface area contributed by atoms with Crippen molar-refractivity contribution in [2.75, 3.05) is 12.0 Å². The van der Waals surface area contributed by atoms with E-state index in [1.54, 1.807) is 48.5 Å². The first kappa shape index (κ1) is 22.5. The monoisotopic (exact) mass is 457 g/mol. The minimum Gasteiger partial charge on any atom is -0.493 e. The summed E-state index contributed by atoms with van der Waals surface area (Å²) >= 11 is 6.54. The van der Waals surface area contributed by atoms with Gasteiger partial charge in [-0.25, -0.2) is 4.79 Å². The Hall–Kier alpha value is -3.17. The van der Waals surface area contributed by atoms with Crippen molar-refractivity contribution < 1.29 is 29.0 Å². The molecule has 1 atom stereocenters. The average Bonchev–Trinajstić information content (AvgIpc) is 3.01. The number of methoxy groups -OCH3 is 1. The minimum atomic E-state index is -1.09. The van der Waals surface area contributed by atoms with Crippen LogP contribution in [-0.4, -0.2) is 40.3 Å². The number of carboxylic acids is 1. The second-order valence-corrected chi connectivity index (χ2v) is 8.30. The van der Waals surface area contributed by atoms with E-state index in [0.29, 0.717) is 31.8 Å². The van der Waals surface area contributed by atoms with Crippen molar-refractivity contribution in [2.24, 2.45) is 0 Å². The van der Waals surface area contributed by atoms with Crippen LogP contribution < -0.4 is 14.4 Å². The molecule has 3 rings (SSSR count). The molecule has 1 heterocycles. The maximum absolute atomic E-state index is 12.9. The van der Waals surface area contributed by atoms with Gasteiger partial charge >= 0.3 is 5.97 Å². The highest BCUT2D eigenvalue weighted by atomic mass is 32.2. The molecule has 1 saturated heterocycles. The summed E-state index contributed by atoms with van der Waals surface area (Å²) < 4.78 is 11.1. The number of anilines is 1. The van der Waals surface area contributed by atoms with Crippen LogP contribution in [0.3, 0.4) is 0 Å². The fraction of sp³-hybridized carbons (Fsp3) is 0.182. The second kappa shape index (κ2) is 9.32. The molecular weight excluding hydrogens is 438 g/mol. The summed E-state index contributed by atoms with van der Waals surface area (Å²) in [5.74, 6) is -0.795. The smallest absolute Gasteiger partial charge is 0.344 e. The highest BCUT2D eigenvalue weighted by Gasteiger charge is 2.33. The number of carboxylic acid groups (broad SMARTS) is 1. The van der Waals surface area contributed by atoms with Gasteiger partial charge in [-0.15, -0.1) is 0 Å². The Morgan fingerprint density at radius 2 is 1.84 bits per heavy atom. The highest BCUT2D eigenvalue weighted by Crippen LogP contribution is 2.37. The van der Waals surface area contributed by atoms with Crippen LogP contribution in [0.15, 0.2) is 47.4 Å². The van der Waals surface area contributed by atoms with Crippen LogP contribution in [0, 0.1) is 0 Å². The zero-order chi connectivity index (χ0) is 22.7. The number of amides is 1. The third-order valence-corrected chi connectivity index (χ3v) is 5.76. The minimum absolute atomic E-state index is 0.0593. The van der Waals surface area contributed by atoms with Crippen LogP contribution in [0.1, 0.15) is 29.8 Å².